The Morgan fingerprint density at radius 1 is 0.842 bits per heavy atom. The number of aliphatic hydroxyl groups is 2. The molecule has 0 bridgehead atoms. The molecule has 116 valence electrons. The number of hydrogen-bond donors (Lipinski definition) is 2. The molecule has 0 atom stereocenters. The summed E-state index contributed by atoms with van der Waals surface area (Å²) in [6, 6.07) is 0. The van der Waals surface area contributed by atoms with Gasteiger partial charge in [0.15, 0.2) is 0 Å². The SMILES string of the molecule is CC(=O)OCCOC(C)=O.CCOCC.OCCO. The third kappa shape index (κ3) is 47.5. The van der Waals surface area contributed by atoms with Crippen LogP contribution in [0.5, 0.6) is 0 Å². The van der Waals surface area contributed by atoms with Gasteiger partial charge in [-0.3, -0.25) is 9.59 Å². The van der Waals surface area contributed by atoms with Crippen LogP contribution in [0.15, 0.2) is 0 Å². The minimum absolute atomic E-state index is 0.125. The lowest BCUT2D eigenvalue weighted by Crippen LogP contribution is -2.09. The van der Waals surface area contributed by atoms with Crippen LogP contribution >= 0.6 is 0 Å². The highest BCUT2D eigenvalue weighted by Gasteiger charge is 1.94. The number of carbonyl (C=O) groups excluding carboxylic acids is 2. The van der Waals surface area contributed by atoms with Crippen LogP contribution in [0.4, 0.5) is 0 Å². The van der Waals surface area contributed by atoms with Crippen LogP contribution in [0.3, 0.4) is 0 Å². The molecular weight excluding hydrogens is 256 g/mol. The van der Waals surface area contributed by atoms with Crippen LogP contribution in [-0.4, -0.2) is 61.8 Å². The summed E-state index contributed by atoms with van der Waals surface area (Å²) >= 11 is 0. The molecule has 19 heavy (non-hydrogen) atoms. The van der Waals surface area contributed by atoms with Gasteiger partial charge in [0.1, 0.15) is 13.2 Å². The van der Waals surface area contributed by atoms with Crippen molar-refractivity contribution in [2.45, 2.75) is 27.7 Å². The average Bonchev–Trinajstić information content (AvgIpc) is 2.36. The van der Waals surface area contributed by atoms with E-state index in [1.807, 2.05) is 13.8 Å². The van der Waals surface area contributed by atoms with Gasteiger partial charge in [-0.15, -0.1) is 0 Å². The molecule has 0 saturated carbocycles. The van der Waals surface area contributed by atoms with Gasteiger partial charge in [-0.2, -0.15) is 0 Å². The number of rotatable bonds is 6. The van der Waals surface area contributed by atoms with Crippen LogP contribution < -0.4 is 0 Å². The number of ether oxygens (including phenoxy) is 3. The van der Waals surface area contributed by atoms with Gasteiger partial charge < -0.3 is 24.4 Å². The fourth-order valence-corrected chi connectivity index (χ4v) is 0.575. The molecule has 0 aromatic heterocycles. The van der Waals surface area contributed by atoms with Gasteiger partial charge in [-0.25, -0.2) is 0 Å². The van der Waals surface area contributed by atoms with E-state index in [-0.39, 0.29) is 38.4 Å². The van der Waals surface area contributed by atoms with E-state index in [0.717, 1.165) is 13.2 Å². The monoisotopic (exact) mass is 282 g/mol. The van der Waals surface area contributed by atoms with Crippen LogP contribution in [0.1, 0.15) is 27.7 Å². The van der Waals surface area contributed by atoms with Gasteiger partial charge in [0.05, 0.1) is 13.2 Å². The Bertz CT molecular complexity index is 175. The lowest BCUT2D eigenvalue weighted by Gasteiger charge is -2.00. The first-order valence-electron chi connectivity index (χ1n) is 6.02. The van der Waals surface area contributed by atoms with Crippen molar-refractivity contribution in [2.75, 3.05) is 39.6 Å². The molecule has 0 saturated heterocycles. The Morgan fingerprint density at radius 2 is 1.16 bits per heavy atom. The molecular formula is C12H26O7. The first-order chi connectivity index (χ1) is 8.95. The van der Waals surface area contributed by atoms with Crippen molar-refractivity contribution >= 4 is 11.9 Å². The zero-order valence-corrected chi connectivity index (χ0v) is 12.2. The van der Waals surface area contributed by atoms with E-state index in [1.54, 1.807) is 0 Å². The van der Waals surface area contributed by atoms with Gasteiger partial charge in [-0.1, -0.05) is 0 Å². The Kier molecular flexibility index (Phi) is 26.6. The molecule has 0 spiro atoms. The predicted molar refractivity (Wildman–Crippen MR) is 69.6 cm³/mol. The second-order valence-corrected chi connectivity index (χ2v) is 2.91. The molecule has 7 nitrogen and oxygen atoms in total. The molecule has 0 aliphatic carbocycles. The molecule has 0 aromatic rings. The predicted octanol–water partition coefficient (Wildman–Crippen LogP) is 0.126. The standard InChI is InChI=1S/C6H10O4.C4H10O.C2H6O2/c1-5(7)9-3-4-10-6(2)8;1-3-5-4-2;3-1-2-4/h3-4H2,1-2H3;3-4H2,1-2H3;3-4H,1-2H2. The molecule has 0 heterocycles. The van der Waals surface area contributed by atoms with E-state index in [9.17, 15) is 9.59 Å². The number of esters is 2. The lowest BCUT2D eigenvalue weighted by molar-refractivity contribution is -0.149. The van der Waals surface area contributed by atoms with Gasteiger partial charge in [0.25, 0.3) is 0 Å². The third-order valence-electron chi connectivity index (χ3n) is 1.20. The first kappa shape index (κ1) is 23.0. The molecule has 0 aliphatic rings. The van der Waals surface area contributed by atoms with Gasteiger partial charge in [0.2, 0.25) is 0 Å². The maximum absolute atomic E-state index is 10.1. The average molecular weight is 282 g/mol. The molecule has 0 unspecified atom stereocenters. The van der Waals surface area contributed by atoms with Gasteiger partial charge >= 0.3 is 11.9 Å². The zero-order chi connectivity index (χ0) is 15.5. The Morgan fingerprint density at radius 3 is 1.26 bits per heavy atom. The van der Waals surface area contributed by atoms with Crippen molar-refractivity contribution in [1.82, 2.24) is 0 Å². The highest BCUT2D eigenvalue weighted by molar-refractivity contribution is 5.66. The topological polar surface area (TPSA) is 102 Å². The summed E-state index contributed by atoms with van der Waals surface area (Å²) < 4.78 is 13.8. The fraction of sp³-hybridized carbons (Fsp3) is 0.833. The van der Waals surface area contributed by atoms with E-state index in [1.165, 1.54) is 13.8 Å². The molecule has 7 heteroatoms. The summed E-state index contributed by atoms with van der Waals surface area (Å²) in [6.45, 7) is 8.28. The van der Waals surface area contributed by atoms with Crippen molar-refractivity contribution < 1.29 is 34.0 Å². The third-order valence-corrected chi connectivity index (χ3v) is 1.20. The fourth-order valence-electron chi connectivity index (χ4n) is 0.575. The molecule has 0 radical (unpaired) electrons. The zero-order valence-electron chi connectivity index (χ0n) is 12.2. The van der Waals surface area contributed by atoms with Crippen LogP contribution in [-0.2, 0) is 23.8 Å². The number of carbonyl (C=O) groups is 2. The van der Waals surface area contributed by atoms with E-state index in [0.29, 0.717) is 0 Å². The van der Waals surface area contributed by atoms with E-state index >= 15 is 0 Å². The minimum Gasteiger partial charge on any atom is -0.462 e. The molecule has 0 amide bonds. The summed E-state index contributed by atoms with van der Waals surface area (Å²) in [6.07, 6.45) is 0. The molecule has 0 aromatic carbocycles. The van der Waals surface area contributed by atoms with Crippen molar-refractivity contribution in [3.05, 3.63) is 0 Å². The van der Waals surface area contributed by atoms with Crippen LogP contribution in [0.2, 0.25) is 0 Å². The first-order valence-corrected chi connectivity index (χ1v) is 6.02. The Hall–Kier alpha value is -1.18. The summed E-state index contributed by atoms with van der Waals surface area (Å²) in [4.78, 5) is 20.3. The second kappa shape index (κ2) is 22.0. The van der Waals surface area contributed by atoms with Crippen molar-refractivity contribution in [2.24, 2.45) is 0 Å². The van der Waals surface area contributed by atoms with Crippen molar-refractivity contribution in [3.63, 3.8) is 0 Å². The van der Waals surface area contributed by atoms with Gasteiger partial charge in [0, 0.05) is 27.1 Å². The van der Waals surface area contributed by atoms with Crippen LogP contribution in [0, 0.1) is 0 Å². The number of hydrogen-bond acceptors (Lipinski definition) is 7. The molecule has 2 N–H and O–H groups in total. The van der Waals surface area contributed by atoms with Crippen LogP contribution in [0.25, 0.3) is 0 Å². The lowest BCUT2D eigenvalue weighted by atomic mass is 10.7. The minimum atomic E-state index is -0.368. The van der Waals surface area contributed by atoms with Crippen molar-refractivity contribution in [3.8, 4) is 0 Å². The molecule has 0 aliphatic heterocycles. The summed E-state index contributed by atoms with van der Waals surface area (Å²) in [5.41, 5.74) is 0. The van der Waals surface area contributed by atoms with E-state index < -0.39 is 0 Å². The summed E-state index contributed by atoms with van der Waals surface area (Å²) in [5, 5.41) is 15.2. The van der Waals surface area contributed by atoms with Crippen molar-refractivity contribution in [1.29, 1.82) is 0 Å². The van der Waals surface area contributed by atoms with E-state index in [4.69, 9.17) is 14.9 Å². The Balaban J connectivity index is -0.000000238. The summed E-state index contributed by atoms with van der Waals surface area (Å²) in [7, 11) is 0. The highest BCUT2D eigenvalue weighted by Crippen LogP contribution is 1.79. The maximum atomic E-state index is 10.1. The quantitative estimate of drug-likeness (QED) is 0.527. The molecule has 0 fully saturated rings. The van der Waals surface area contributed by atoms with E-state index in [2.05, 4.69) is 9.47 Å². The normalized spacial score (nSPS) is 8.32. The molecule has 0 rings (SSSR count). The largest absolute Gasteiger partial charge is 0.462 e. The maximum Gasteiger partial charge on any atom is 0.302 e. The van der Waals surface area contributed by atoms with Gasteiger partial charge in [-0.05, 0) is 13.8 Å². The number of aliphatic hydroxyl groups excluding tert-OH is 2. The second-order valence-electron chi connectivity index (χ2n) is 2.91. The highest BCUT2D eigenvalue weighted by atomic mass is 16.6. The smallest absolute Gasteiger partial charge is 0.302 e. The Labute approximate surface area is 114 Å². The summed E-state index contributed by atoms with van der Waals surface area (Å²) in [5.74, 6) is -0.737.